The third kappa shape index (κ3) is 4.76. The lowest BCUT2D eigenvalue weighted by Crippen LogP contribution is -2.49. The Bertz CT molecular complexity index is 576. The van der Waals surface area contributed by atoms with Crippen LogP contribution < -0.4 is 0 Å². The van der Waals surface area contributed by atoms with Gasteiger partial charge >= 0.3 is 0 Å². The zero-order valence-corrected chi connectivity index (χ0v) is 13.8. The molecule has 1 aromatic rings. The summed E-state index contributed by atoms with van der Waals surface area (Å²) in [7, 11) is 3.75. The van der Waals surface area contributed by atoms with Gasteiger partial charge < -0.3 is 14.9 Å². The number of rotatable bonds is 5. The van der Waals surface area contributed by atoms with Crippen LogP contribution in [0.4, 0.5) is 0 Å². The molecule has 1 atom stereocenters. The van der Waals surface area contributed by atoms with Crippen LogP contribution in [-0.4, -0.2) is 85.2 Å². The summed E-state index contributed by atoms with van der Waals surface area (Å²) in [6.45, 7) is 4.68. The largest absolute Gasteiger partial charge is 0.390 e. The zero-order valence-electron chi connectivity index (χ0n) is 13.8. The molecular weight excluding hydrogens is 292 g/mol. The number of carbonyl (C=O) groups excluding carboxylic acids is 1. The molecule has 1 heterocycles. The fourth-order valence-corrected chi connectivity index (χ4v) is 2.76. The molecule has 1 fully saturated rings. The second-order valence-corrected chi connectivity index (χ2v) is 6.10. The summed E-state index contributed by atoms with van der Waals surface area (Å²) in [5.41, 5.74) is 0.738. The van der Waals surface area contributed by atoms with Gasteiger partial charge in [-0.25, -0.2) is 0 Å². The van der Waals surface area contributed by atoms with Gasteiger partial charge in [-0.2, -0.15) is 5.26 Å². The summed E-state index contributed by atoms with van der Waals surface area (Å²) in [6.07, 6.45) is -0.596. The van der Waals surface area contributed by atoms with Crippen molar-refractivity contribution in [1.29, 1.82) is 5.26 Å². The summed E-state index contributed by atoms with van der Waals surface area (Å²) < 4.78 is 0. The fraction of sp³-hybridized carbons (Fsp3) is 0.529. The standard InChI is InChI=1S/C17H24N4O2/c1-19-7-9-21(10-8-19)13-15(22)12-20(2)17(23)16-6-4-3-5-14(16)11-18/h3-6,15,22H,7-10,12-13H2,1-2H3. The number of aliphatic hydroxyl groups excluding tert-OH is 1. The summed E-state index contributed by atoms with van der Waals surface area (Å²) in [4.78, 5) is 18.4. The molecule has 0 saturated carbocycles. The third-order valence-corrected chi connectivity index (χ3v) is 4.17. The monoisotopic (exact) mass is 316 g/mol. The van der Waals surface area contributed by atoms with E-state index in [2.05, 4.69) is 16.8 Å². The lowest BCUT2D eigenvalue weighted by atomic mass is 10.1. The maximum atomic E-state index is 12.4. The summed E-state index contributed by atoms with van der Waals surface area (Å²) >= 11 is 0. The molecule has 1 N–H and O–H groups in total. The number of nitriles is 1. The normalized spacial score (nSPS) is 17.5. The number of amides is 1. The smallest absolute Gasteiger partial charge is 0.255 e. The van der Waals surface area contributed by atoms with Crippen molar-refractivity contribution in [3.05, 3.63) is 35.4 Å². The number of hydrogen-bond acceptors (Lipinski definition) is 5. The Morgan fingerprint density at radius 3 is 2.65 bits per heavy atom. The summed E-state index contributed by atoms with van der Waals surface area (Å²) in [5, 5.41) is 19.3. The lowest BCUT2D eigenvalue weighted by Gasteiger charge is -2.34. The molecule has 6 heteroatoms. The maximum absolute atomic E-state index is 12.4. The van der Waals surface area contributed by atoms with Gasteiger partial charge in [-0.15, -0.1) is 0 Å². The zero-order chi connectivity index (χ0) is 16.8. The maximum Gasteiger partial charge on any atom is 0.255 e. The van der Waals surface area contributed by atoms with E-state index >= 15 is 0 Å². The Morgan fingerprint density at radius 2 is 2.00 bits per heavy atom. The molecule has 6 nitrogen and oxygen atoms in total. The lowest BCUT2D eigenvalue weighted by molar-refractivity contribution is 0.0501. The number of carbonyl (C=O) groups is 1. The van der Waals surface area contributed by atoms with E-state index in [4.69, 9.17) is 5.26 Å². The second kappa shape index (κ2) is 8.06. The predicted molar refractivity (Wildman–Crippen MR) is 88.1 cm³/mol. The van der Waals surface area contributed by atoms with E-state index in [0.717, 1.165) is 26.2 Å². The van der Waals surface area contributed by atoms with E-state index in [9.17, 15) is 9.90 Å². The highest BCUT2D eigenvalue weighted by Gasteiger charge is 2.21. The van der Waals surface area contributed by atoms with E-state index in [1.807, 2.05) is 6.07 Å². The van der Waals surface area contributed by atoms with Crippen molar-refractivity contribution < 1.29 is 9.90 Å². The highest BCUT2D eigenvalue weighted by Crippen LogP contribution is 2.11. The van der Waals surface area contributed by atoms with Crippen molar-refractivity contribution >= 4 is 5.91 Å². The predicted octanol–water partition coefficient (Wildman–Crippen LogP) is 0.239. The minimum Gasteiger partial charge on any atom is -0.390 e. The van der Waals surface area contributed by atoms with E-state index in [0.29, 0.717) is 17.7 Å². The Hall–Kier alpha value is -1.94. The second-order valence-electron chi connectivity index (χ2n) is 6.10. The van der Waals surface area contributed by atoms with Gasteiger partial charge in [0.2, 0.25) is 0 Å². The average Bonchev–Trinajstić information content (AvgIpc) is 2.56. The molecule has 1 saturated heterocycles. The number of benzene rings is 1. The highest BCUT2D eigenvalue weighted by molar-refractivity contribution is 5.96. The number of aliphatic hydroxyl groups is 1. The van der Waals surface area contributed by atoms with Crippen LogP contribution in [-0.2, 0) is 0 Å². The van der Waals surface area contributed by atoms with E-state index < -0.39 is 6.10 Å². The van der Waals surface area contributed by atoms with Crippen molar-refractivity contribution in [1.82, 2.24) is 14.7 Å². The van der Waals surface area contributed by atoms with Crippen molar-refractivity contribution in [2.75, 3.05) is 53.4 Å². The van der Waals surface area contributed by atoms with Gasteiger partial charge in [0.05, 0.1) is 23.3 Å². The molecule has 2 rings (SSSR count). The van der Waals surface area contributed by atoms with Crippen LogP contribution in [0.15, 0.2) is 24.3 Å². The van der Waals surface area contributed by atoms with Gasteiger partial charge in [0.15, 0.2) is 0 Å². The molecule has 0 spiro atoms. The van der Waals surface area contributed by atoms with E-state index in [1.54, 1.807) is 31.3 Å². The summed E-state index contributed by atoms with van der Waals surface area (Å²) in [6, 6.07) is 8.77. The first-order valence-corrected chi connectivity index (χ1v) is 7.85. The molecule has 0 radical (unpaired) electrons. The number of likely N-dealkylation sites (N-methyl/N-ethyl adjacent to an activating group) is 2. The minimum absolute atomic E-state index is 0.237. The van der Waals surface area contributed by atoms with Crippen LogP contribution >= 0.6 is 0 Å². The average molecular weight is 316 g/mol. The molecule has 23 heavy (non-hydrogen) atoms. The Labute approximate surface area is 137 Å². The Morgan fingerprint density at radius 1 is 1.35 bits per heavy atom. The molecule has 0 bridgehead atoms. The van der Waals surface area contributed by atoms with Crippen LogP contribution in [0.2, 0.25) is 0 Å². The molecular formula is C17H24N4O2. The topological polar surface area (TPSA) is 70.8 Å². The van der Waals surface area contributed by atoms with Crippen molar-refractivity contribution in [2.45, 2.75) is 6.10 Å². The van der Waals surface area contributed by atoms with Gasteiger partial charge in [-0.05, 0) is 19.2 Å². The quantitative estimate of drug-likeness (QED) is 0.842. The van der Waals surface area contributed by atoms with Gasteiger partial charge in [0.1, 0.15) is 0 Å². The minimum atomic E-state index is -0.596. The molecule has 1 amide bonds. The van der Waals surface area contributed by atoms with Gasteiger partial charge in [0, 0.05) is 46.3 Å². The first-order chi connectivity index (χ1) is 11.0. The van der Waals surface area contributed by atoms with Crippen LogP contribution in [0.3, 0.4) is 0 Å². The van der Waals surface area contributed by atoms with Crippen LogP contribution in [0, 0.1) is 11.3 Å². The summed E-state index contributed by atoms with van der Waals surface area (Å²) in [5.74, 6) is -0.237. The van der Waals surface area contributed by atoms with Crippen LogP contribution in [0.5, 0.6) is 0 Å². The molecule has 1 aliphatic heterocycles. The number of nitrogens with zero attached hydrogens (tertiary/aromatic N) is 4. The molecule has 1 aliphatic rings. The molecule has 1 aromatic carbocycles. The Kier molecular flexibility index (Phi) is 6.11. The number of β-amino-alcohol motifs (C(OH)–C–C–N with tert-alkyl or cyclic N) is 1. The van der Waals surface area contributed by atoms with E-state index in [-0.39, 0.29) is 12.5 Å². The first kappa shape index (κ1) is 17.4. The van der Waals surface area contributed by atoms with Gasteiger partial charge in [-0.1, -0.05) is 12.1 Å². The fourth-order valence-electron chi connectivity index (χ4n) is 2.76. The molecule has 1 unspecified atom stereocenters. The van der Waals surface area contributed by atoms with E-state index in [1.165, 1.54) is 4.90 Å². The third-order valence-electron chi connectivity index (χ3n) is 4.17. The van der Waals surface area contributed by atoms with Crippen LogP contribution in [0.25, 0.3) is 0 Å². The SMILES string of the molecule is CN1CCN(CC(O)CN(C)C(=O)c2ccccc2C#N)CC1. The van der Waals surface area contributed by atoms with Crippen molar-refractivity contribution in [3.63, 3.8) is 0 Å². The number of hydrogen-bond donors (Lipinski definition) is 1. The number of piperazine rings is 1. The Balaban J connectivity index is 1.89. The first-order valence-electron chi connectivity index (χ1n) is 7.85. The molecule has 0 aromatic heterocycles. The van der Waals surface area contributed by atoms with Crippen LogP contribution in [0.1, 0.15) is 15.9 Å². The van der Waals surface area contributed by atoms with Gasteiger partial charge in [-0.3, -0.25) is 9.69 Å². The molecule has 124 valence electrons. The molecule has 0 aliphatic carbocycles. The highest BCUT2D eigenvalue weighted by atomic mass is 16.3. The van der Waals surface area contributed by atoms with Gasteiger partial charge in [0.25, 0.3) is 5.91 Å². The van der Waals surface area contributed by atoms with Crippen molar-refractivity contribution in [2.24, 2.45) is 0 Å². The van der Waals surface area contributed by atoms with Crippen molar-refractivity contribution in [3.8, 4) is 6.07 Å².